The fourth-order valence-corrected chi connectivity index (χ4v) is 1.83. The quantitative estimate of drug-likeness (QED) is 0.337. The van der Waals surface area contributed by atoms with Crippen LogP contribution in [0.2, 0.25) is 10.0 Å². The van der Waals surface area contributed by atoms with Crippen LogP contribution in [0.4, 0.5) is 0 Å². The molecule has 0 fully saturated rings. The summed E-state index contributed by atoms with van der Waals surface area (Å²) in [5, 5.41) is 1.10. The van der Waals surface area contributed by atoms with Crippen LogP contribution in [0.15, 0.2) is 72.8 Å². The molecule has 0 heterocycles. The van der Waals surface area contributed by atoms with Crippen molar-refractivity contribution < 1.29 is 19.1 Å². The van der Waals surface area contributed by atoms with Gasteiger partial charge in [0.2, 0.25) is 0 Å². The lowest BCUT2D eigenvalue weighted by Crippen LogP contribution is -2.04. The Balaban J connectivity index is 1.80. The van der Waals surface area contributed by atoms with Crippen LogP contribution < -0.4 is 9.47 Å². The van der Waals surface area contributed by atoms with Gasteiger partial charge in [-0.3, -0.25) is 0 Å². The lowest BCUT2D eigenvalue weighted by Gasteiger charge is -2.00. The van der Waals surface area contributed by atoms with Gasteiger partial charge in [0.25, 0.3) is 0 Å². The first-order valence-corrected chi connectivity index (χ1v) is 7.58. The summed E-state index contributed by atoms with van der Waals surface area (Å²) in [7, 11) is 0. The molecule has 0 aliphatic heterocycles. The number of ether oxygens (including phenoxy) is 2. The molecule has 0 N–H and O–H groups in total. The Morgan fingerprint density at radius 1 is 0.667 bits per heavy atom. The van der Waals surface area contributed by atoms with Gasteiger partial charge in [-0.15, -0.1) is 0 Å². The van der Waals surface area contributed by atoms with E-state index in [1.165, 1.54) is 24.3 Å². The molecule has 0 unspecified atom stereocenters. The zero-order valence-electron chi connectivity index (χ0n) is 12.3. The zero-order chi connectivity index (χ0) is 17.4. The highest BCUT2D eigenvalue weighted by Crippen LogP contribution is 2.16. The van der Waals surface area contributed by atoms with Gasteiger partial charge in [0.1, 0.15) is 11.5 Å². The molecule has 0 aromatic heterocycles. The summed E-state index contributed by atoms with van der Waals surface area (Å²) >= 11 is 11.5. The van der Waals surface area contributed by atoms with E-state index < -0.39 is 11.9 Å². The number of hydrogen-bond acceptors (Lipinski definition) is 4. The van der Waals surface area contributed by atoms with Gasteiger partial charge in [0, 0.05) is 22.2 Å². The van der Waals surface area contributed by atoms with E-state index >= 15 is 0 Å². The maximum Gasteiger partial charge on any atom is 0.336 e. The van der Waals surface area contributed by atoms with E-state index in [1.807, 2.05) is 0 Å². The van der Waals surface area contributed by atoms with E-state index in [-0.39, 0.29) is 0 Å². The molecular weight excluding hydrogens is 351 g/mol. The van der Waals surface area contributed by atoms with Gasteiger partial charge in [-0.05, 0) is 48.5 Å². The molecule has 0 bridgehead atoms. The van der Waals surface area contributed by atoms with Crippen LogP contribution in [0.25, 0.3) is 0 Å². The number of hydrogen-bond donors (Lipinski definition) is 0. The van der Waals surface area contributed by atoms with Crippen molar-refractivity contribution in [3.8, 4) is 11.5 Å². The fraction of sp³-hybridized carbons (Fsp3) is 0. The summed E-state index contributed by atoms with van der Waals surface area (Å²) in [4.78, 5) is 23.1. The number of carbonyl (C=O) groups excluding carboxylic acids is 2. The van der Waals surface area contributed by atoms with Crippen molar-refractivity contribution in [2.24, 2.45) is 0 Å². The van der Waals surface area contributed by atoms with E-state index in [1.54, 1.807) is 48.5 Å². The third kappa shape index (κ3) is 6.28. The Morgan fingerprint density at radius 3 is 1.33 bits per heavy atom. The van der Waals surface area contributed by atoms with Gasteiger partial charge in [-0.25, -0.2) is 9.59 Å². The summed E-state index contributed by atoms with van der Waals surface area (Å²) in [5.74, 6) is -0.401. The molecule has 0 radical (unpaired) electrons. The topological polar surface area (TPSA) is 52.6 Å². The molecule has 24 heavy (non-hydrogen) atoms. The minimum atomic E-state index is -0.576. The van der Waals surface area contributed by atoms with Crippen molar-refractivity contribution in [3.05, 3.63) is 82.9 Å². The lowest BCUT2D eigenvalue weighted by molar-refractivity contribution is -0.130. The van der Waals surface area contributed by atoms with Crippen molar-refractivity contribution >= 4 is 35.1 Å². The van der Waals surface area contributed by atoms with Crippen molar-refractivity contribution in [2.45, 2.75) is 0 Å². The first-order valence-electron chi connectivity index (χ1n) is 6.82. The summed E-state index contributed by atoms with van der Waals surface area (Å²) in [5.41, 5.74) is 0. The molecule has 0 amide bonds. The van der Waals surface area contributed by atoms with Crippen LogP contribution in [0, 0.1) is 0 Å². The van der Waals surface area contributed by atoms with Gasteiger partial charge in [-0.1, -0.05) is 35.4 Å². The van der Waals surface area contributed by atoms with Gasteiger partial charge < -0.3 is 9.47 Å². The zero-order valence-corrected chi connectivity index (χ0v) is 13.8. The third-order valence-electron chi connectivity index (χ3n) is 2.64. The molecule has 0 aliphatic rings. The molecule has 2 aromatic rings. The Morgan fingerprint density at radius 2 is 1.00 bits per heavy atom. The lowest BCUT2D eigenvalue weighted by atomic mass is 10.3. The SMILES string of the molecule is O=C(C=CC=CC(=O)Oc1ccc(Cl)cc1)Oc1ccc(Cl)cc1. The van der Waals surface area contributed by atoms with Crippen molar-refractivity contribution in [1.82, 2.24) is 0 Å². The van der Waals surface area contributed by atoms with Crippen LogP contribution in [0.3, 0.4) is 0 Å². The number of halogens is 2. The molecule has 0 atom stereocenters. The number of benzene rings is 2. The predicted molar refractivity (Wildman–Crippen MR) is 92.5 cm³/mol. The van der Waals surface area contributed by atoms with E-state index in [4.69, 9.17) is 32.7 Å². The Hall–Kier alpha value is -2.56. The highest BCUT2D eigenvalue weighted by atomic mass is 35.5. The average Bonchev–Trinajstić information content (AvgIpc) is 2.56. The van der Waals surface area contributed by atoms with Crippen molar-refractivity contribution in [3.63, 3.8) is 0 Å². The minimum Gasteiger partial charge on any atom is -0.423 e. The molecule has 0 spiro atoms. The molecule has 0 aliphatic carbocycles. The smallest absolute Gasteiger partial charge is 0.336 e. The van der Waals surface area contributed by atoms with Gasteiger partial charge in [0.05, 0.1) is 0 Å². The van der Waals surface area contributed by atoms with Crippen molar-refractivity contribution in [2.75, 3.05) is 0 Å². The molecule has 6 heteroatoms. The second-order valence-electron chi connectivity index (χ2n) is 4.47. The first kappa shape index (κ1) is 17.8. The van der Waals surface area contributed by atoms with E-state index in [0.717, 1.165) is 0 Å². The Bertz CT molecular complexity index is 695. The molecule has 122 valence electrons. The van der Waals surface area contributed by atoms with Crippen LogP contribution in [-0.4, -0.2) is 11.9 Å². The van der Waals surface area contributed by atoms with Gasteiger partial charge >= 0.3 is 11.9 Å². The highest BCUT2D eigenvalue weighted by Gasteiger charge is 2.01. The largest absolute Gasteiger partial charge is 0.423 e. The first-order chi connectivity index (χ1) is 11.5. The summed E-state index contributed by atoms with van der Waals surface area (Å²) < 4.78 is 10.1. The molecular formula is C18H12Cl2O4. The number of esters is 2. The molecule has 2 rings (SSSR count). The molecule has 4 nitrogen and oxygen atoms in total. The Kier molecular flexibility index (Phi) is 6.61. The fourth-order valence-electron chi connectivity index (χ4n) is 1.57. The molecule has 2 aromatic carbocycles. The maximum atomic E-state index is 11.6. The molecule has 0 saturated heterocycles. The van der Waals surface area contributed by atoms with Crippen LogP contribution in [-0.2, 0) is 9.59 Å². The number of allylic oxidation sites excluding steroid dienone is 2. The minimum absolute atomic E-state index is 0.375. The van der Waals surface area contributed by atoms with Crippen LogP contribution >= 0.6 is 23.2 Å². The van der Waals surface area contributed by atoms with Crippen molar-refractivity contribution in [1.29, 1.82) is 0 Å². The second kappa shape index (κ2) is 8.91. The van der Waals surface area contributed by atoms with Gasteiger partial charge in [-0.2, -0.15) is 0 Å². The maximum absolute atomic E-state index is 11.6. The van der Waals surface area contributed by atoms with E-state index in [2.05, 4.69) is 0 Å². The standard InChI is InChI=1S/C18H12Cl2O4/c19-13-5-9-15(10-6-13)23-17(21)3-1-2-4-18(22)24-16-11-7-14(20)8-12-16/h1-12H. The van der Waals surface area contributed by atoms with E-state index in [9.17, 15) is 9.59 Å². The summed E-state index contributed by atoms with van der Waals surface area (Å²) in [6, 6.07) is 12.8. The number of carbonyl (C=O) groups is 2. The summed E-state index contributed by atoms with van der Waals surface area (Å²) in [6.07, 6.45) is 5.12. The monoisotopic (exact) mass is 362 g/mol. The Labute approximate surface area is 148 Å². The van der Waals surface area contributed by atoms with Gasteiger partial charge in [0.15, 0.2) is 0 Å². The highest BCUT2D eigenvalue weighted by molar-refractivity contribution is 6.30. The molecule has 0 saturated carbocycles. The third-order valence-corrected chi connectivity index (χ3v) is 3.14. The summed E-state index contributed by atoms with van der Waals surface area (Å²) in [6.45, 7) is 0. The second-order valence-corrected chi connectivity index (χ2v) is 5.34. The van der Waals surface area contributed by atoms with Crippen LogP contribution in [0.5, 0.6) is 11.5 Å². The normalized spacial score (nSPS) is 10.9. The predicted octanol–water partition coefficient (Wildman–Crippen LogP) is 4.62. The average molecular weight is 363 g/mol. The van der Waals surface area contributed by atoms with E-state index in [0.29, 0.717) is 21.5 Å². The van der Waals surface area contributed by atoms with Crippen LogP contribution in [0.1, 0.15) is 0 Å². The number of rotatable bonds is 5.